The molecule has 0 amide bonds. The number of aromatic nitrogens is 1. The second kappa shape index (κ2) is 4.62. The third-order valence-corrected chi connectivity index (χ3v) is 2.62. The van der Waals surface area contributed by atoms with Crippen molar-refractivity contribution < 1.29 is 4.74 Å². The van der Waals surface area contributed by atoms with Crippen LogP contribution in [0.3, 0.4) is 0 Å². The molecule has 0 radical (unpaired) electrons. The summed E-state index contributed by atoms with van der Waals surface area (Å²) in [5.41, 5.74) is 7.58. The van der Waals surface area contributed by atoms with Crippen LogP contribution in [-0.2, 0) is 6.42 Å². The van der Waals surface area contributed by atoms with Gasteiger partial charge in [0, 0.05) is 12.1 Å². The van der Waals surface area contributed by atoms with Crippen molar-refractivity contribution in [3.63, 3.8) is 0 Å². The number of rotatable bonds is 5. The maximum atomic E-state index is 5.75. The highest BCUT2D eigenvalue weighted by Crippen LogP contribution is 2.30. The second-order valence-electron chi connectivity index (χ2n) is 4.19. The molecule has 82 valence electrons. The van der Waals surface area contributed by atoms with Crippen molar-refractivity contribution in [1.82, 2.24) is 4.98 Å². The molecule has 3 nitrogen and oxygen atoms in total. The van der Waals surface area contributed by atoms with E-state index in [1.54, 1.807) is 0 Å². The average molecular weight is 206 g/mol. The SMILES string of the molecule is Cc1ccc(OCC2CC2)c(CCN)n1. The van der Waals surface area contributed by atoms with E-state index in [4.69, 9.17) is 10.5 Å². The Kier molecular flexibility index (Phi) is 3.21. The molecule has 0 aliphatic heterocycles. The van der Waals surface area contributed by atoms with Gasteiger partial charge in [-0.05, 0) is 44.4 Å². The van der Waals surface area contributed by atoms with Crippen LogP contribution in [0.1, 0.15) is 24.2 Å². The van der Waals surface area contributed by atoms with Crippen LogP contribution >= 0.6 is 0 Å². The first kappa shape index (κ1) is 10.4. The number of aryl methyl sites for hydroxylation is 1. The zero-order valence-electron chi connectivity index (χ0n) is 9.20. The van der Waals surface area contributed by atoms with E-state index in [1.807, 2.05) is 19.1 Å². The molecule has 15 heavy (non-hydrogen) atoms. The van der Waals surface area contributed by atoms with Crippen LogP contribution in [0.5, 0.6) is 5.75 Å². The van der Waals surface area contributed by atoms with Gasteiger partial charge in [0.25, 0.3) is 0 Å². The van der Waals surface area contributed by atoms with E-state index in [1.165, 1.54) is 12.8 Å². The molecular weight excluding hydrogens is 188 g/mol. The summed E-state index contributed by atoms with van der Waals surface area (Å²) < 4.78 is 5.75. The number of nitrogens with two attached hydrogens (primary N) is 1. The quantitative estimate of drug-likeness (QED) is 0.797. The standard InChI is InChI=1S/C12H18N2O/c1-9-2-5-12(11(14-9)6-7-13)15-8-10-3-4-10/h2,5,10H,3-4,6-8,13H2,1H3. The number of nitrogens with zero attached hydrogens (tertiary/aromatic N) is 1. The van der Waals surface area contributed by atoms with Gasteiger partial charge in [0.05, 0.1) is 12.3 Å². The van der Waals surface area contributed by atoms with E-state index >= 15 is 0 Å². The van der Waals surface area contributed by atoms with E-state index in [0.717, 1.165) is 36.1 Å². The van der Waals surface area contributed by atoms with Gasteiger partial charge in [0.15, 0.2) is 0 Å². The fraction of sp³-hybridized carbons (Fsp3) is 0.583. The molecule has 1 aromatic heterocycles. The Hall–Kier alpha value is -1.09. The predicted octanol–water partition coefficient (Wildman–Crippen LogP) is 1.68. The predicted molar refractivity (Wildman–Crippen MR) is 60.0 cm³/mol. The Morgan fingerprint density at radius 3 is 2.93 bits per heavy atom. The Labute approximate surface area is 90.7 Å². The first-order valence-electron chi connectivity index (χ1n) is 5.59. The molecule has 1 aromatic rings. The lowest BCUT2D eigenvalue weighted by Crippen LogP contribution is -2.09. The highest BCUT2D eigenvalue weighted by Gasteiger charge is 2.22. The summed E-state index contributed by atoms with van der Waals surface area (Å²) in [5.74, 6) is 1.69. The molecule has 1 fully saturated rings. The molecule has 1 heterocycles. The maximum Gasteiger partial charge on any atom is 0.140 e. The summed E-state index contributed by atoms with van der Waals surface area (Å²) in [5, 5.41) is 0. The number of ether oxygens (including phenoxy) is 1. The summed E-state index contributed by atoms with van der Waals surface area (Å²) in [6.45, 7) is 3.45. The Bertz CT molecular complexity index is 334. The van der Waals surface area contributed by atoms with Crippen LogP contribution in [0, 0.1) is 12.8 Å². The largest absolute Gasteiger partial charge is 0.491 e. The van der Waals surface area contributed by atoms with Crippen molar-refractivity contribution in [2.45, 2.75) is 26.2 Å². The summed E-state index contributed by atoms with van der Waals surface area (Å²) in [4.78, 5) is 4.46. The lowest BCUT2D eigenvalue weighted by atomic mass is 10.2. The van der Waals surface area contributed by atoms with Crippen LogP contribution in [0.2, 0.25) is 0 Å². The minimum atomic E-state index is 0.621. The van der Waals surface area contributed by atoms with Gasteiger partial charge in [-0.3, -0.25) is 4.98 Å². The van der Waals surface area contributed by atoms with Crippen molar-refractivity contribution in [2.75, 3.05) is 13.2 Å². The summed E-state index contributed by atoms with van der Waals surface area (Å²) >= 11 is 0. The summed E-state index contributed by atoms with van der Waals surface area (Å²) in [7, 11) is 0. The molecular formula is C12H18N2O. The fourth-order valence-corrected chi connectivity index (χ4v) is 1.54. The molecule has 1 aliphatic rings. The highest BCUT2D eigenvalue weighted by molar-refractivity contribution is 5.29. The van der Waals surface area contributed by atoms with Crippen LogP contribution in [-0.4, -0.2) is 18.1 Å². The zero-order chi connectivity index (χ0) is 10.7. The lowest BCUT2D eigenvalue weighted by Gasteiger charge is -2.10. The minimum Gasteiger partial charge on any atom is -0.491 e. The van der Waals surface area contributed by atoms with E-state index in [2.05, 4.69) is 4.98 Å². The number of pyridine rings is 1. The lowest BCUT2D eigenvalue weighted by molar-refractivity contribution is 0.295. The van der Waals surface area contributed by atoms with Crippen molar-refractivity contribution >= 4 is 0 Å². The van der Waals surface area contributed by atoms with Crippen molar-refractivity contribution in [2.24, 2.45) is 11.7 Å². The van der Waals surface area contributed by atoms with Gasteiger partial charge < -0.3 is 10.5 Å². The van der Waals surface area contributed by atoms with Crippen molar-refractivity contribution in [3.05, 3.63) is 23.5 Å². The Balaban J connectivity index is 2.04. The molecule has 1 aliphatic carbocycles. The number of hydrogen-bond acceptors (Lipinski definition) is 3. The van der Waals surface area contributed by atoms with Crippen LogP contribution < -0.4 is 10.5 Å². The summed E-state index contributed by atoms with van der Waals surface area (Å²) in [6, 6.07) is 4.00. The Morgan fingerprint density at radius 1 is 1.47 bits per heavy atom. The highest BCUT2D eigenvalue weighted by atomic mass is 16.5. The van der Waals surface area contributed by atoms with Gasteiger partial charge in [-0.25, -0.2) is 0 Å². The minimum absolute atomic E-state index is 0.621. The topological polar surface area (TPSA) is 48.1 Å². The molecule has 1 saturated carbocycles. The van der Waals surface area contributed by atoms with Gasteiger partial charge in [-0.2, -0.15) is 0 Å². The van der Waals surface area contributed by atoms with E-state index in [0.29, 0.717) is 6.54 Å². The molecule has 0 unspecified atom stereocenters. The molecule has 0 atom stereocenters. The Morgan fingerprint density at radius 2 is 2.27 bits per heavy atom. The molecule has 0 saturated heterocycles. The molecule has 0 bridgehead atoms. The fourth-order valence-electron chi connectivity index (χ4n) is 1.54. The van der Waals surface area contributed by atoms with E-state index < -0.39 is 0 Å². The summed E-state index contributed by atoms with van der Waals surface area (Å²) in [6.07, 6.45) is 3.42. The number of hydrogen-bond donors (Lipinski definition) is 1. The van der Waals surface area contributed by atoms with Crippen LogP contribution in [0.4, 0.5) is 0 Å². The first-order valence-corrected chi connectivity index (χ1v) is 5.59. The van der Waals surface area contributed by atoms with Gasteiger partial charge in [0.2, 0.25) is 0 Å². The maximum absolute atomic E-state index is 5.75. The van der Waals surface area contributed by atoms with Crippen molar-refractivity contribution in [3.8, 4) is 5.75 Å². The van der Waals surface area contributed by atoms with E-state index in [9.17, 15) is 0 Å². The smallest absolute Gasteiger partial charge is 0.140 e. The zero-order valence-corrected chi connectivity index (χ0v) is 9.20. The van der Waals surface area contributed by atoms with Gasteiger partial charge in [-0.15, -0.1) is 0 Å². The third-order valence-electron chi connectivity index (χ3n) is 2.62. The molecule has 2 rings (SSSR count). The normalized spacial score (nSPS) is 15.3. The van der Waals surface area contributed by atoms with Crippen molar-refractivity contribution in [1.29, 1.82) is 0 Å². The van der Waals surface area contributed by atoms with Gasteiger partial charge in [-0.1, -0.05) is 0 Å². The van der Waals surface area contributed by atoms with Gasteiger partial charge in [0.1, 0.15) is 5.75 Å². The molecule has 0 spiro atoms. The van der Waals surface area contributed by atoms with Crippen LogP contribution in [0.15, 0.2) is 12.1 Å². The van der Waals surface area contributed by atoms with Crippen LogP contribution in [0.25, 0.3) is 0 Å². The molecule has 3 heteroatoms. The average Bonchev–Trinajstić information content (AvgIpc) is 3.01. The first-order chi connectivity index (χ1) is 7.29. The molecule has 2 N–H and O–H groups in total. The monoisotopic (exact) mass is 206 g/mol. The van der Waals surface area contributed by atoms with E-state index in [-0.39, 0.29) is 0 Å². The second-order valence-corrected chi connectivity index (χ2v) is 4.19. The molecule has 0 aromatic carbocycles. The third kappa shape index (κ3) is 2.93. The van der Waals surface area contributed by atoms with Gasteiger partial charge >= 0.3 is 0 Å².